The van der Waals surface area contributed by atoms with Gasteiger partial charge in [-0.05, 0) is 0 Å². The molecule has 252 valence electrons. The molecule has 3 nitrogen and oxygen atoms in total. The lowest BCUT2D eigenvalue weighted by Crippen LogP contribution is -2.76. The summed E-state index contributed by atoms with van der Waals surface area (Å²) in [7, 11) is -9.33. The van der Waals surface area contributed by atoms with Crippen LogP contribution >= 0.6 is 0 Å². The van der Waals surface area contributed by atoms with Crippen LogP contribution in [0.3, 0.4) is 0 Å². The van der Waals surface area contributed by atoms with Crippen molar-refractivity contribution < 1.29 is 114 Å². The maximum atomic E-state index is 14.1. The zero-order valence-corrected chi connectivity index (χ0v) is 19.1. The molecule has 0 rings (SSSR count). The van der Waals surface area contributed by atoms with E-state index >= 15 is 0 Å². The molecule has 0 aliphatic heterocycles. The highest BCUT2D eigenvalue weighted by Gasteiger charge is 2.97. The summed E-state index contributed by atoms with van der Waals surface area (Å²) in [5, 5.41) is -8.89. The van der Waals surface area contributed by atoms with Crippen molar-refractivity contribution in [2.75, 3.05) is 6.54 Å². The number of nitrogens with zero attached hydrogens (tertiary/aromatic N) is 1. The fourth-order valence-corrected chi connectivity index (χ4v) is 3.97. The second-order valence-electron chi connectivity index (χ2n) is 7.40. The highest BCUT2D eigenvalue weighted by Crippen LogP contribution is 2.65. The van der Waals surface area contributed by atoms with Gasteiger partial charge in [-0.15, -0.1) is 10.9 Å². The van der Waals surface area contributed by atoms with E-state index in [1.54, 1.807) is 0 Å². The van der Waals surface area contributed by atoms with Gasteiger partial charge in [0.25, 0.3) is 10.0 Å². The van der Waals surface area contributed by atoms with Gasteiger partial charge >= 0.3 is 65.1 Å². The maximum Gasteiger partial charge on any atom is 0.460 e. The normalized spacial score (nSPS) is 16.7. The van der Waals surface area contributed by atoms with E-state index in [2.05, 4.69) is 6.58 Å². The topological polar surface area (TPSA) is 37.4 Å². The molecule has 0 radical (unpaired) electrons. The monoisotopic (exact) mass is 707 g/mol. The van der Waals surface area contributed by atoms with E-state index in [0.717, 1.165) is 0 Å². The lowest BCUT2D eigenvalue weighted by molar-refractivity contribution is -0.458. The minimum atomic E-state index is -9.43. The number of hydrogen-bond donors (Lipinski definition) is 0. The number of halogens is 24. The lowest BCUT2D eigenvalue weighted by Gasteiger charge is -2.44. The molecule has 0 aromatic heterocycles. The molecular weight excluding hydrogens is 702 g/mol. The summed E-state index contributed by atoms with van der Waals surface area (Å²) in [5.74, 6) is -63.0. The Bertz CT molecular complexity index is 1100. The van der Waals surface area contributed by atoms with Crippen LogP contribution in [0.15, 0.2) is 12.7 Å². The fraction of sp³-hybridized carbons (Fsp3) is 0.857. The van der Waals surface area contributed by atoms with Gasteiger partial charge in [0.2, 0.25) is 0 Å². The molecule has 0 fully saturated rings. The molecule has 0 aliphatic carbocycles. The summed E-state index contributed by atoms with van der Waals surface area (Å²) in [6.07, 6.45) is -24.8. The molecule has 0 saturated carbocycles. The molecule has 0 aliphatic rings. The smallest absolute Gasteiger partial charge is 0.205 e. The molecule has 0 atom stereocenters. The molecule has 0 saturated heterocycles. The Balaban J connectivity index is 7.65. The van der Waals surface area contributed by atoms with Crippen molar-refractivity contribution in [1.29, 1.82) is 0 Å². The van der Waals surface area contributed by atoms with E-state index in [9.17, 15) is 114 Å². The Morgan fingerprint density at radius 3 is 0.952 bits per heavy atom. The third kappa shape index (κ3) is 4.89. The molecule has 0 N–H and O–H groups in total. The predicted octanol–water partition coefficient (Wildman–Crippen LogP) is 7.56. The van der Waals surface area contributed by atoms with Crippen molar-refractivity contribution in [2.45, 2.75) is 65.1 Å². The summed E-state index contributed by atoms with van der Waals surface area (Å²) in [6, 6.07) is 0. The van der Waals surface area contributed by atoms with Crippen LogP contribution in [0.5, 0.6) is 0 Å². The first-order chi connectivity index (χ1) is 17.7. The van der Waals surface area contributed by atoms with E-state index in [1.807, 2.05) is 0 Å². The van der Waals surface area contributed by atoms with Gasteiger partial charge in [-0.2, -0.15) is 101 Å². The van der Waals surface area contributed by atoms with Gasteiger partial charge in [-0.25, -0.2) is 12.8 Å². The molecule has 0 aromatic carbocycles. The van der Waals surface area contributed by atoms with E-state index in [-0.39, 0.29) is 0 Å². The SMILES string of the molecule is C=CCN(C(F)(C(F)(F)F)C(F)(F)F)S(=O)(=O)C(F)(F)C(F)(F)C(F)(F)C(F)(F)C(F)(F)C(F)(F)C(F)(F)C(F)(F)F. The van der Waals surface area contributed by atoms with Gasteiger partial charge in [0.05, 0.1) is 0 Å². The van der Waals surface area contributed by atoms with Crippen molar-refractivity contribution >= 4 is 10.0 Å². The third-order valence-electron chi connectivity index (χ3n) is 4.70. The molecule has 0 spiro atoms. The standard InChI is InChI=1S/C14H5F24NO2S/c1-2-3-39(10(27,12(31,32)33)13(34,35)36)42(40,41)14(37,38)9(25,26)7(21,22)5(17,18)4(15,16)6(19,20)8(23,24)11(28,29)30/h2H,1,3H2. The van der Waals surface area contributed by atoms with Crippen LogP contribution in [0, 0.1) is 0 Å². The molecule has 42 heavy (non-hydrogen) atoms. The number of hydrogen-bond acceptors (Lipinski definition) is 2. The average Bonchev–Trinajstić information content (AvgIpc) is 2.73. The third-order valence-corrected chi connectivity index (χ3v) is 6.58. The number of sulfonamides is 1. The quantitative estimate of drug-likeness (QED) is 0.126. The summed E-state index contributed by atoms with van der Waals surface area (Å²) in [6.45, 7) is -1.21. The Morgan fingerprint density at radius 2 is 0.714 bits per heavy atom. The van der Waals surface area contributed by atoms with E-state index in [0.29, 0.717) is 0 Å². The highest BCUT2D eigenvalue weighted by molar-refractivity contribution is 7.90. The molecule has 0 unspecified atom stereocenters. The summed E-state index contributed by atoms with van der Waals surface area (Å²) >= 11 is 0. The predicted molar refractivity (Wildman–Crippen MR) is 82.5 cm³/mol. The Morgan fingerprint density at radius 1 is 0.452 bits per heavy atom. The minimum absolute atomic E-state index is 0.807. The van der Waals surface area contributed by atoms with Gasteiger partial charge in [0.15, 0.2) is 0 Å². The highest BCUT2D eigenvalue weighted by atomic mass is 32.2. The maximum absolute atomic E-state index is 14.1. The molecule has 28 heteroatoms. The Hall–Kier alpha value is -2.03. The van der Waals surface area contributed by atoms with Crippen molar-refractivity contribution in [3.63, 3.8) is 0 Å². The van der Waals surface area contributed by atoms with Crippen molar-refractivity contribution in [3.8, 4) is 0 Å². The average molecular weight is 707 g/mol. The zero-order chi connectivity index (χ0) is 35.0. The van der Waals surface area contributed by atoms with Crippen LogP contribution in [0.25, 0.3) is 0 Å². The fourth-order valence-electron chi connectivity index (χ4n) is 2.40. The molecule has 0 heterocycles. The molecule has 0 bridgehead atoms. The second kappa shape index (κ2) is 10.00. The molecule has 0 aromatic rings. The van der Waals surface area contributed by atoms with Crippen LogP contribution in [0.4, 0.5) is 105 Å². The van der Waals surface area contributed by atoms with Crippen LogP contribution in [-0.4, -0.2) is 84.4 Å². The number of alkyl halides is 24. The van der Waals surface area contributed by atoms with Crippen LogP contribution in [0.1, 0.15) is 0 Å². The van der Waals surface area contributed by atoms with Crippen LogP contribution in [-0.2, 0) is 10.0 Å². The molecular formula is C14H5F24NO2S. The van der Waals surface area contributed by atoms with Gasteiger partial charge in [0, 0.05) is 6.54 Å². The summed E-state index contributed by atoms with van der Waals surface area (Å²) < 4.78 is 336. The second-order valence-corrected chi connectivity index (χ2v) is 9.31. The number of rotatable bonds is 11. The van der Waals surface area contributed by atoms with Crippen LogP contribution in [0.2, 0.25) is 0 Å². The zero-order valence-electron chi connectivity index (χ0n) is 18.2. The van der Waals surface area contributed by atoms with Gasteiger partial charge in [-0.3, -0.25) is 0 Å². The Labute approximate surface area is 213 Å². The first-order valence-corrected chi connectivity index (χ1v) is 10.3. The van der Waals surface area contributed by atoms with Crippen molar-refractivity contribution in [3.05, 3.63) is 12.7 Å². The summed E-state index contributed by atoms with van der Waals surface area (Å²) in [5.41, 5.74) is 0. The first-order valence-electron chi connectivity index (χ1n) is 8.86. The van der Waals surface area contributed by atoms with Gasteiger partial charge in [-0.1, -0.05) is 6.08 Å². The molecule has 0 amide bonds. The lowest BCUT2D eigenvalue weighted by atomic mass is 9.91. The minimum Gasteiger partial charge on any atom is -0.205 e. The van der Waals surface area contributed by atoms with Crippen molar-refractivity contribution in [2.24, 2.45) is 0 Å². The van der Waals surface area contributed by atoms with E-state index in [4.69, 9.17) is 0 Å². The first kappa shape index (κ1) is 40.0. The van der Waals surface area contributed by atoms with E-state index < -0.39 is 92.1 Å². The van der Waals surface area contributed by atoms with Gasteiger partial charge in [0.1, 0.15) is 0 Å². The largest absolute Gasteiger partial charge is 0.460 e. The van der Waals surface area contributed by atoms with Crippen LogP contribution < -0.4 is 0 Å². The van der Waals surface area contributed by atoms with Crippen molar-refractivity contribution in [1.82, 2.24) is 4.31 Å². The van der Waals surface area contributed by atoms with E-state index in [1.165, 1.54) is 0 Å². The summed E-state index contributed by atoms with van der Waals surface area (Å²) in [4.78, 5) is 0. The van der Waals surface area contributed by atoms with Gasteiger partial charge < -0.3 is 0 Å². The Kier molecular flexibility index (Phi) is 9.51.